The van der Waals surface area contributed by atoms with Gasteiger partial charge in [0.1, 0.15) is 6.23 Å². The van der Waals surface area contributed by atoms with Crippen molar-refractivity contribution < 1.29 is 20.1 Å². The molecule has 1 aromatic carbocycles. The quantitative estimate of drug-likeness (QED) is 0.450. The van der Waals surface area contributed by atoms with E-state index in [1.807, 2.05) is 18.2 Å². The minimum atomic E-state index is -1.12. The van der Waals surface area contributed by atoms with Gasteiger partial charge >= 0.3 is 6.09 Å². The van der Waals surface area contributed by atoms with E-state index in [2.05, 4.69) is 10.6 Å². The maximum absolute atomic E-state index is 10.2. The molecule has 1 aromatic rings. The molecule has 2 unspecified atom stereocenters. The highest BCUT2D eigenvalue weighted by Gasteiger charge is 2.09. The van der Waals surface area contributed by atoms with E-state index < -0.39 is 18.4 Å². The number of hydrogen-bond donors (Lipinski definition) is 5. The molecule has 0 saturated heterocycles. The van der Waals surface area contributed by atoms with Gasteiger partial charge in [-0.25, -0.2) is 4.79 Å². The van der Waals surface area contributed by atoms with Gasteiger partial charge in [-0.1, -0.05) is 30.3 Å². The van der Waals surface area contributed by atoms with Crippen molar-refractivity contribution in [2.24, 2.45) is 0 Å². The van der Waals surface area contributed by atoms with Crippen LogP contribution in [0.3, 0.4) is 0 Å². The average molecular weight is 254 g/mol. The van der Waals surface area contributed by atoms with Crippen molar-refractivity contribution in [3.8, 4) is 0 Å². The zero-order chi connectivity index (χ0) is 13.4. The predicted octanol–water partition coefficient (Wildman–Crippen LogP) is 0.286. The molecule has 0 bridgehead atoms. The number of carbonyl (C=O) groups is 1. The molecule has 1 amide bonds. The molecule has 0 spiro atoms. The summed E-state index contributed by atoms with van der Waals surface area (Å²) in [4.78, 5) is 10.2. The summed E-state index contributed by atoms with van der Waals surface area (Å²) in [5, 5.41) is 32.5. The summed E-state index contributed by atoms with van der Waals surface area (Å²) in [6.45, 7) is 0.364. The molecule has 0 aliphatic heterocycles. The van der Waals surface area contributed by atoms with E-state index >= 15 is 0 Å². The first kappa shape index (κ1) is 14.4. The number of nitrogens with one attached hydrogen (secondary N) is 2. The molecule has 6 nitrogen and oxygen atoms in total. The molecule has 0 aliphatic rings. The third-order valence-corrected chi connectivity index (χ3v) is 2.43. The molecule has 6 heteroatoms. The van der Waals surface area contributed by atoms with Crippen LogP contribution in [0.15, 0.2) is 30.3 Å². The van der Waals surface area contributed by atoms with Crippen molar-refractivity contribution in [1.82, 2.24) is 10.6 Å². The van der Waals surface area contributed by atoms with Gasteiger partial charge in [0, 0.05) is 19.5 Å². The van der Waals surface area contributed by atoms with E-state index in [1.54, 1.807) is 12.1 Å². The molecule has 0 aliphatic carbocycles. The lowest BCUT2D eigenvalue weighted by atomic mass is 10.1. The number of aliphatic hydroxyl groups is 2. The van der Waals surface area contributed by atoms with Crippen molar-refractivity contribution in [3.05, 3.63) is 35.9 Å². The van der Waals surface area contributed by atoms with Gasteiger partial charge in [0.2, 0.25) is 0 Å². The van der Waals surface area contributed by atoms with Crippen LogP contribution in [0, 0.1) is 0 Å². The van der Waals surface area contributed by atoms with Crippen LogP contribution < -0.4 is 10.6 Å². The maximum Gasteiger partial charge on any atom is 0.404 e. The summed E-state index contributed by atoms with van der Waals surface area (Å²) < 4.78 is 0. The summed E-state index contributed by atoms with van der Waals surface area (Å²) in [6, 6.07) is 9.10. The van der Waals surface area contributed by atoms with Crippen LogP contribution in [0.4, 0.5) is 4.79 Å². The molecule has 0 radical (unpaired) electrons. The Balaban J connectivity index is 2.22. The van der Waals surface area contributed by atoms with Gasteiger partial charge in [0.25, 0.3) is 0 Å². The number of benzene rings is 1. The Morgan fingerprint density at radius 3 is 2.50 bits per heavy atom. The molecule has 100 valence electrons. The SMILES string of the molecule is O=C(O)NCCC(O)NCC(O)c1ccccc1. The second-order valence-corrected chi connectivity index (χ2v) is 3.87. The van der Waals surface area contributed by atoms with Gasteiger partial charge in [0.15, 0.2) is 0 Å². The van der Waals surface area contributed by atoms with Crippen LogP contribution in [0.1, 0.15) is 18.1 Å². The van der Waals surface area contributed by atoms with Gasteiger partial charge in [-0.05, 0) is 5.56 Å². The minimum Gasteiger partial charge on any atom is -0.465 e. The Labute approximate surface area is 105 Å². The van der Waals surface area contributed by atoms with E-state index in [-0.39, 0.29) is 19.5 Å². The van der Waals surface area contributed by atoms with E-state index in [0.29, 0.717) is 0 Å². The minimum absolute atomic E-state index is 0.158. The molecular formula is C12H18N2O4. The topological polar surface area (TPSA) is 102 Å². The van der Waals surface area contributed by atoms with E-state index in [1.165, 1.54) is 0 Å². The summed E-state index contributed by atoms with van der Waals surface area (Å²) in [7, 11) is 0. The highest BCUT2D eigenvalue weighted by atomic mass is 16.4. The third-order valence-electron chi connectivity index (χ3n) is 2.43. The smallest absolute Gasteiger partial charge is 0.404 e. The monoisotopic (exact) mass is 254 g/mol. The fourth-order valence-electron chi connectivity index (χ4n) is 1.46. The molecule has 5 N–H and O–H groups in total. The number of hydrogen-bond acceptors (Lipinski definition) is 4. The van der Waals surface area contributed by atoms with Crippen LogP contribution in [-0.2, 0) is 0 Å². The molecule has 0 aromatic heterocycles. The van der Waals surface area contributed by atoms with E-state index in [4.69, 9.17) is 5.11 Å². The molecule has 18 heavy (non-hydrogen) atoms. The lowest BCUT2D eigenvalue weighted by molar-refractivity contribution is 0.0956. The molecule has 0 heterocycles. The zero-order valence-corrected chi connectivity index (χ0v) is 9.91. The highest BCUT2D eigenvalue weighted by molar-refractivity contribution is 5.64. The van der Waals surface area contributed by atoms with Crippen LogP contribution in [0.2, 0.25) is 0 Å². The average Bonchev–Trinajstić information content (AvgIpc) is 2.36. The van der Waals surface area contributed by atoms with Gasteiger partial charge in [-0.3, -0.25) is 5.32 Å². The summed E-state index contributed by atoms with van der Waals surface area (Å²) in [6.07, 6.45) is -2.43. The molecule has 1 rings (SSSR count). The molecule has 0 fully saturated rings. The molecule has 2 atom stereocenters. The zero-order valence-electron chi connectivity index (χ0n) is 9.91. The van der Waals surface area contributed by atoms with Crippen LogP contribution in [0.5, 0.6) is 0 Å². The first-order chi connectivity index (χ1) is 8.59. The van der Waals surface area contributed by atoms with E-state index in [9.17, 15) is 15.0 Å². The fourth-order valence-corrected chi connectivity index (χ4v) is 1.46. The Bertz CT molecular complexity index is 358. The first-order valence-corrected chi connectivity index (χ1v) is 5.71. The second kappa shape index (κ2) is 7.65. The highest BCUT2D eigenvalue weighted by Crippen LogP contribution is 2.10. The second-order valence-electron chi connectivity index (χ2n) is 3.87. The number of rotatable bonds is 7. The van der Waals surface area contributed by atoms with Gasteiger partial charge in [0.05, 0.1) is 6.10 Å². The third kappa shape index (κ3) is 5.62. The van der Waals surface area contributed by atoms with Gasteiger partial charge < -0.3 is 20.6 Å². The van der Waals surface area contributed by atoms with Crippen LogP contribution in [-0.4, -0.2) is 40.7 Å². The largest absolute Gasteiger partial charge is 0.465 e. The van der Waals surface area contributed by atoms with Crippen molar-refractivity contribution >= 4 is 6.09 Å². The Morgan fingerprint density at radius 1 is 1.22 bits per heavy atom. The van der Waals surface area contributed by atoms with Crippen molar-refractivity contribution in [1.29, 1.82) is 0 Å². The molecular weight excluding hydrogens is 236 g/mol. The Kier molecular flexibility index (Phi) is 6.13. The summed E-state index contributed by atoms with van der Waals surface area (Å²) in [5.74, 6) is 0. The van der Waals surface area contributed by atoms with Crippen molar-refractivity contribution in [2.75, 3.05) is 13.1 Å². The number of carboxylic acid groups (broad SMARTS) is 1. The standard InChI is InChI=1S/C12H18N2O4/c15-10(9-4-2-1-3-5-9)8-14-11(16)6-7-13-12(17)18/h1-5,10-11,13-16H,6-8H2,(H,17,18). The summed E-state index contributed by atoms with van der Waals surface area (Å²) >= 11 is 0. The van der Waals surface area contributed by atoms with Crippen molar-refractivity contribution in [3.63, 3.8) is 0 Å². The lowest BCUT2D eigenvalue weighted by Gasteiger charge is -2.16. The number of amides is 1. The van der Waals surface area contributed by atoms with Gasteiger partial charge in [-0.15, -0.1) is 0 Å². The van der Waals surface area contributed by atoms with Crippen molar-refractivity contribution in [2.45, 2.75) is 18.8 Å². The normalized spacial score (nSPS) is 13.9. The Hall–Kier alpha value is -1.63. The maximum atomic E-state index is 10.2. The lowest BCUT2D eigenvalue weighted by Crippen LogP contribution is -2.36. The van der Waals surface area contributed by atoms with Crippen LogP contribution >= 0.6 is 0 Å². The predicted molar refractivity (Wildman–Crippen MR) is 66.1 cm³/mol. The Morgan fingerprint density at radius 2 is 1.89 bits per heavy atom. The fraction of sp³-hybridized carbons (Fsp3) is 0.417. The molecule has 0 saturated carbocycles. The van der Waals surface area contributed by atoms with Gasteiger partial charge in [-0.2, -0.15) is 0 Å². The van der Waals surface area contributed by atoms with E-state index in [0.717, 1.165) is 5.56 Å². The number of aliphatic hydroxyl groups excluding tert-OH is 2. The summed E-state index contributed by atoms with van der Waals surface area (Å²) in [5.41, 5.74) is 0.765. The first-order valence-electron chi connectivity index (χ1n) is 5.71. The van der Waals surface area contributed by atoms with Crippen LogP contribution in [0.25, 0.3) is 0 Å².